The summed E-state index contributed by atoms with van der Waals surface area (Å²) in [5, 5.41) is 3.30. The molecule has 0 saturated heterocycles. The third kappa shape index (κ3) is 2.52. The number of hydrogen-bond donors (Lipinski definition) is 1. The minimum absolute atomic E-state index is 0.515. The van der Waals surface area contributed by atoms with E-state index in [-0.39, 0.29) is 0 Å². The maximum Gasteiger partial charge on any atom is 0.133 e. The van der Waals surface area contributed by atoms with Crippen LogP contribution < -0.4 is 5.32 Å². The molecule has 0 bridgehead atoms. The fraction of sp³-hybridized carbons (Fsp3) is 0.0455. The predicted molar refractivity (Wildman–Crippen MR) is 99.7 cm³/mol. The Morgan fingerprint density at radius 3 is 1.67 bits per heavy atom. The summed E-state index contributed by atoms with van der Waals surface area (Å²) in [6.07, 6.45) is 4.02. The molecular weight excluding hydrogens is 292 g/mol. The van der Waals surface area contributed by atoms with Crippen LogP contribution in [0.4, 0.5) is 0 Å². The van der Waals surface area contributed by atoms with Crippen LogP contribution in [0.2, 0.25) is 0 Å². The molecule has 2 heteroatoms. The van der Waals surface area contributed by atoms with Gasteiger partial charge in [0.25, 0.3) is 0 Å². The Balaban J connectivity index is 1.92. The molecule has 0 aromatic heterocycles. The van der Waals surface area contributed by atoms with Gasteiger partial charge in [-0.05, 0) is 22.8 Å². The molecule has 1 N–H and O–H groups in total. The summed E-state index contributed by atoms with van der Waals surface area (Å²) >= 11 is 0. The van der Waals surface area contributed by atoms with E-state index in [1.54, 1.807) is 0 Å². The van der Waals surface area contributed by atoms with E-state index in [9.17, 15) is 0 Å². The summed E-state index contributed by atoms with van der Waals surface area (Å²) < 4.78 is 0. The third-order valence-electron chi connectivity index (χ3n) is 4.35. The molecule has 0 radical (unpaired) electrons. The van der Waals surface area contributed by atoms with Crippen LogP contribution in [0.25, 0.3) is 5.70 Å². The molecule has 3 aromatic carbocycles. The van der Waals surface area contributed by atoms with E-state index in [4.69, 9.17) is 4.99 Å². The number of aliphatic imine (C=N–C) groups is 1. The molecule has 0 saturated carbocycles. The Morgan fingerprint density at radius 2 is 1.12 bits per heavy atom. The molecule has 0 atom stereocenters. The molecule has 0 aliphatic carbocycles. The average molecular weight is 310 g/mol. The maximum absolute atomic E-state index is 4.86. The average Bonchev–Trinajstić information content (AvgIpc) is 2.70. The second kappa shape index (κ2) is 6.17. The van der Waals surface area contributed by atoms with Gasteiger partial charge < -0.3 is 5.32 Å². The van der Waals surface area contributed by atoms with Crippen molar-refractivity contribution in [2.45, 2.75) is 5.54 Å². The lowest BCUT2D eigenvalue weighted by Gasteiger charge is -2.32. The predicted octanol–water partition coefficient (Wildman–Crippen LogP) is 4.60. The Labute approximate surface area is 142 Å². The van der Waals surface area contributed by atoms with E-state index >= 15 is 0 Å². The lowest BCUT2D eigenvalue weighted by atomic mass is 9.81. The van der Waals surface area contributed by atoms with Crippen LogP contribution >= 0.6 is 0 Å². The van der Waals surface area contributed by atoms with Gasteiger partial charge in [-0.2, -0.15) is 0 Å². The van der Waals surface area contributed by atoms with E-state index in [0.29, 0.717) is 0 Å². The molecule has 0 amide bonds. The van der Waals surface area contributed by atoms with Gasteiger partial charge in [-0.15, -0.1) is 0 Å². The van der Waals surface area contributed by atoms with Crippen molar-refractivity contribution in [1.29, 1.82) is 0 Å². The monoisotopic (exact) mass is 310 g/mol. The van der Waals surface area contributed by atoms with Gasteiger partial charge in [-0.25, -0.2) is 0 Å². The largest absolute Gasteiger partial charge is 0.346 e. The summed E-state index contributed by atoms with van der Waals surface area (Å²) in [5.74, 6) is 0. The standard InChI is InChI=1S/C22H18N2/c1-4-10-18(11-5-1)21-16-22(24-17-23-21,19-12-6-2-7-13-19)20-14-8-3-9-15-20/h1-17H,(H,23,24). The van der Waals surface area contributed by atoms with Gasteiger partial charge in [-0.3, -0.25) is 4.99 Å². The van der Waals surface area contributed by atoms with Crippen LogP contribution in [0.3, 0.4) is 0 Å². The first-order valence-electron chi connectivity index (χ1n) is 8.08. The summed E-state index contributed by atoms with van der Waals surface area (Å²) in [7, 11) is 0. The second-order valence-corrected chi connectivity index (χ2v) is 5.83. The maximum atomic E-state index is 4.86. The highest BCUT2D eigenvalue weighted by Gasteiger charge is 2.33. The van der Waals surface area contributed by atoms with Gasteiger partial charge in [0.15, 0.2) is 0 Å². The van der Waals surface area contributed by atoms with Crippen molar-refractivity contribution in [1.82, 2.24) is 5.32 Å². The zero-order valence-electron chi connectivity index (χ0n) is 13.3. The van der Waals surface area contributed by atoms with Gasteiger partial charge >= 0.3 is 0 Å². The number of nitrogens with one attached hydrogen (secondary N) is 1. The zero-order chi connectivity index (χ0) is 16.2. The van der Waals surface area contributed by atoms with Gasteiger partial charge in [0, 0.05) is 5.70 Å². The number of benzene rings is 3. The SMILES string of the molecule is C1=NC(c2ccccc2)(c2ccccc2)C=C(c2ccccc2)N1. The topological polar surface area (TPSA) is 24.4 Å². The Morgan fingerprint density at radius 1 is 0.625 bits per heavy atom. The summed E-state index contributed by atoms with van der Waals surface area (Å²) in [6.45, 7) is 0. The van der Waals surface area contributed by atoms with Crippen LogP contribution in [0, 0.1) is 0 Å². The highest BCUT2D eigenvalue weighted by molar-refractivity contribution is 5.81. The first kappa shape index (κ1) is 14.5. The third-order valence-corrected chi connectivity index (χ3v) is 4.35. The minimum Gasteiger partial charge on any atom is -0.346 e. The van der Waals surface area contributed by atoms with Gasteiger partial charge in [0.05, 0.1) is 6.34 Å². The molecule has 0 spiro atoms. The lowest BCUT2D eigenvalue weighted by molar-refractivity contribution is 0.677. The van der Waals surface area contributed by atoms with Crippen LogP contribution in [-0.4, -0.2) is 6.34 Å². The van der Waals surface area contributed by atoms with E-state index in [1.807, 2.05) is 24.5 Å². The molecular formula is C22H18N2. The lowest BCUT2D eigenvalue weighted by Crippen LogP contribution is -2.30. The van der Waals surface area contributed by atoms with Crippen molar-refractivity contribution in [3.63, 3.8) is 0 Å². The molecule has 4 rings (SSSR count). The van der Waals surface area contributed by atoms with Crippen LogP contribution in [0.5, 0.6) is 0 Å². The highest BCUT2D eigenvalue weighted by Crippen LogP contribution is 2.38. The fourth-order valence-corrected chi connectivity index (χ4v) is 3.14. The van der Waals surface area contributed by atoms with Crippen molar-refractivity contribution in [2.24, 2.45) is 4.99 Å². The molecule has 116 valence electrons. The smallest absolute Gasteiger partial charge is 0.133 e. The molecule has 0 fully saturated rings. The van der Waals surface area contributed by atoms with Crippen molar-refractivity contribution in [3.8, 4) is 0 Å². The Kier molecular flexibility index (Phi) is 3.72. The van der Waals surface area contributed by atoms with E-state index in [2.05, 4.69) is 84.2 Å². The molecule has 1 aliphatic heterocycles. The summed E-state index contributed by atoms with van der Waals surface area (Å²) in [6, 6.07) is 31.2. The fourth-order valence-electron chi connectivity index (χ4n) is 3.14. The van der Waals surface area contributed by atoms with E-state index in [1.165, 1.54) is 0 Å². The number of rotatable bonds is 3. The van der Waals surface area contributed by atoms with Crippen LogP contribution in [-0.2, 0) is 5.54 Å². The van der Waals surface area contributed by atoms with Gasteiger partial charge in [-0.1, -0.05) is 91.0 Å². The zero-order valence-corrected chi connectivity index (χ0v) is 13.3. The van der Waals surface area contributed by atoms with Crippen molar-refractivity contribution in [3.05, 3.63) is 114 Å². The molecule has 0 unspecified atom stereocenters. The number of nitrogens with zero attached hydrogens (tertiary/aromatic N) is 1. The molecule has 3 aromatic rings. The van der Waals surface area contributed by atoms with Crippen molar-refractivity contribution < 1.29 is 0 Å². The van der Waals surface area contributed by atoms with Gasteiger partial charge in [0.1, 0.15) is 5.54 Å². The minimum atomic E-state index is -0.515. The van der Waals surface area contributed by atoms with Gasteiger partial charge in [0.2, 0.25) is 0 Å². The summed E-state index contributed by atoms with van der Waals surface area (Å²) in [4.78, 5) is 4.86. The van der Waals surface area contributed by atoms with E-state index < -0.39 is 5.54 Å². The summed E-state index contributed by atoms with van der Waals surface area (Å²) in [5.41, 5.74) is 4.02. The van der Waals surface area contributed by atoms with Crippen LogP contribution in [0.1, 0.15) is 16.7 Å². The van der Waals surface area contributed by atoms with E-state index in [0.717, 1.165) is 22.4 Å². The van der Waals surface area contributed by atoms with Crippen LogP contribution in [0.15, 0.2) is 102 Å². The van der Waals surface area contributed by atoms with Crippen molar-refractivity contribution in [2.75, 3.05) is 0 Å². The molecule has 24 heavy (non-hydrogen) atoms. The first-order chi connectivity index (χ1) is 11.9. The normalized spacial score (nSPS) is 15.4. The Bertz CT molecular complexity index is 826. The van der Waals surface area contributed by atoms with Crippen molar-refractivity contribution >= 4 is 12.0 Å². The molecule has 1 heterocycles. The quantitative estimate of drug-likeness (QED) is 0.751. The highest BCUT2D eigenvalue weighted by atomic mass is 15.0. The Hall–Kier alpha value is -3.13. The second-order valence-electron chi connectivity index (χ2n) is 5.83. The molecule has 2 nitrogen and oxygen atoms in total. The molecule has 1 aliphatic rings. The first-order valence-corrected chi connectivity index (χ1v) is 8.08. The number of hydrogen-bond acceptors (Lipinski definition) is 2.